The normalized spacial score (nSPS) is 10.8. The molecule has 47 heavy (non-hydrogen) atoms. The number of isocyanates is 1. The summed E-state index contributed by atoms with van der Waals surface area (Å²) in [5, 5.41) is 11.7. The van der Waals surface area contributed by atoms with E-state index in [9.17, 15) is 28.8 Å². The van der Waals surface area contributed by atoms with Crippen molar-refractivity contribution in [1.29, 1.82) is 0 Å². The van der Waals surface area contributed by atoms with Gasteiger partial charge in [-0.3, -0.25) is 14.9 Å². The fraction of sp³-hybridized carbons (Fsp3) is 0.419. The topological polar surface area (TPSA) is 212 Å². The highest BCUT2D eigenvalue weighted by Crippen LogP contribution is 2.20. The quantitative estimate of drug-likeness (QED) is 0.0491. The zero-order valence-corrected chi connectivity index (χ0v) is 25.7. The number of nitrogens with zero attached hydrogens (tertiary/aromatic N) is 1. The van der Waals surface area contributed by atoms with Gasteiger partial charge in [0.15, 0.2) is 13.2 Å². The van der Waals surface area contributed by atoms with Crippen LogP contribution >= 0.6 is 0 Å². The van der Waals surface area contributed by atoms with Gasteiger partial charge in [-0.2, -0.15) is 4.99 Å². The number of benzene rings is 2. The Hall–Kier alpha value is -5.47. The number of hydrogen-bond acceptors (Lipinski definition) is 15. The highest BCUT2D eigenvalue weighted by molar-refractivity contribution is 5.84. The van der Waals surface area contributed by atoms with Crippen molar-refractivity contribution >= 4 is 47.4 Å². The van der Waals surface area contributed by atoms with Gasteiger partial charge in [-0.15, -0.1) is 0 Å². The second-order valence-electron chi connectivity index (χ2n) is 9.49. The number of rotatable bonds is 21. The molecule has 254 valence electrons. The van der Waals surface area contributed by atoms with Crippen molar-refractivity contribution in [2.75, 3.05) is 45.3 Å². The number of nitrogens with one attached hydrogen (secondary N) is 1. The van der Waals surface area contributed by atoms with Gasteiger partial charge in [-0.25, -0.2) is 19.2 Å². The third-order valence-electron chi connectivity index (χ3n) is 5.96. The van der Waals surface area contributed by atoms with Gasteiger partial charge < -0.3 is 38.3 Å². The molecule has 0 spiro atoms. The molecule has 0 radical (unpaired) electrons. The van der Waals surface area contributed by atoms with Crippen LogP contribution in [0, 0.1) is 5.92 Å². The number of aliphatic hydroxyl groups is 1. The van der Waals surface area contributed by atoms with Crippen molar-refractivity contribution in [2.45, 2.75) is 39.0 Å². The van der Waals surface area contributed by atoms with Gasteiger partial charge in [0.1, 0.15) is 11.5 Å². The molecule has 1 unspecified atom stereocenters. The maximum Gasteiger partial charge on any atom is 0.411 e. The number of anilines is 1. The van der Waals surface area contributed by atoms with Gasteiger partial charge in [0.05, 0.1) is 12.3 Å². The number of aliphatic hydroxyl groups excluding tert-OH is 1. The number of unbranched alkanes of at least 4 members (excludes halogenated alkanes) is 1. The first kappa shape index (κ1) is 37.7. The predicted molar refractivity (Wildman–Crippen MR) is 160 cm³/mol. The summed E-state index contributed by atoms with van der Waals surface area (Å²) >= 11 is 0. The molecule has 0 aromatic heterocycles. The molecule has 0 bridgehead atoms. The number of carbonyl (C=O) groups is 5. The summed E-state index contributed by atoms with van der Waals surface area (Å²) in [6, 6.07) is 12.3. The molecule has 1 amide bonds. The van der Waals surface area contributed by atoms with Crippen LogP contribution in [0.5, 0.6) is 11.5 Å². The van der Waals surface area contributed by atoms with E-state index >= 15 is 0 Å². The SMILES string of the molecule is CCC(CO)COC(=O)Nc1cccc(OCC(=O)OCOC(=O)CCCCC(=O)OCOC(=O)COc2cccc(N=C=O)c2)c1. The smallest absolute Gasteiger partial charge is 0.411 e. The molecule has 0 saturated heterocycles. The first-order valence-electron chi connectivity index (χ1n) is 14.4. The maximum absolute atomic E-state index is 11.9. The number of carbonyl (C=O) groups excluding carboxylic acids is 6. The van der Waals surface area contributed by atoms with Gasteiger partial charge in [0, 0.05) is 43.2 Å². The van der Waals surface area contributed by atoms with Crippen molar-refractivity contribution in [3.63, 3.8) is 0 Å². The minimum absolute atomic E-state index is 0.0430. The lowest BCUT2D eigenvalue weighted by molar-refractivity contribution is -0.171. The molecule has 1 atom stereocenters. The number of amides is 1. The molecular weight excluding hydrogens is 624 g/mol. The molecule has 2 N–H and O–H groups in total. The predicted octanol–water partition coefficient (Wildman–Crippen LogP) is 3.33. The van der Waals surface area contributed by atoms with Gasteiger partial charge in [-0.05, 0) is 43.5 Å². The number of hydrogen-bond donors (Lipinski definition) is 2. The Labute approximate surface area is 269 Å². The van der Waals surface area contributed by atoms with Crippen LogP contribution in [0.15, 0.2) is 53.5 Å². The molecule has 0 aliphatic heterocycles. The third-order valence-corrected chi connectivity index (χ3v) is 5.96. The number of ether oxygens (including phenoxy) is 7. The lowest BCUT2D eigenvalue weighted by Gasteiger charge is -2.13. The van der Waals surface area contributed by atoms with Crippen molar-refractivity contribution in [3.05, 3.63) is 48.5 Å². The van der Waals surface area contributed by atoms with Crippen LogP contribution in [-0.2, 0) is 47.7 Å². The van der Waals surface area contributed by atoms with Crippen LogP contribution in [-0.4, -0.2) is 81.2 Å². The monoisotopic (exact) mass is 660 g/mol. The highest BCUT2D eigenvalue weighted by Gasteiger charge is 2.12. The summed E-state index contributed by atoms with van der Waals surface area (Å²) in [4.78, 5) is 72.9. The summed E-state index contributed by atoms with van der Waals surface area (Å²) in [5.41, 5.74) is 0.660. The van der Waals surface area contributed by atoms with Crippen LogP contribution in [0.2, 0.25) is 0 Å². The molecule has 2 aromatic carbocycles. The molecule has 2 aromatic rings. The van der Waals surface area contributed by atoms with Crippen LogP contribution in [0.3, 0.4) is 0 Å². The van der Waals surface area contributed by atoms with Crippen LogP contribution in [0.1, 0.15) is 39.0 Å². The molecule has 0 saturated carbocycles. The Morgan fingerprint density at radius 2 is 1.34 bits per heavy atom. The fourth-order valence-corrected chi connectivity index (χ4v) is 3.38. The Morgan fingerprint density at radius 1 is 0.787 bits per heavy atom. The first-order chi connectivity index (χ1) is 22.7. The average molecular weight is 661 g/mol. The minimum Gasteiger partial charge on any atom is -0.482 e. The maximum atomic E-state index is 11.9. The van der Waals surface area contributed by atoms with E-state index in [0.717, 1.165) is 0 Å². The molecular formula is C31H36N2O14. The van der Waals surface area contributed by atoms with Gasteiger partial charge in [0.2, 0.25) is 19.7 Å². The Balaban J connectivity index is 1.51. The Bertz CT molecular complexity index is 1370. The van der Waals surface area contributed by atoms with Crippen molar-refractivity contribution < 1.29 is 67.0 Å². The van der Waals surface area contributed by atoms with E-state index in [-0.39, 0.29) is 56.3 Å². The van der Waals surface area contributed by atoms with Gasteiger partial charge in [0.25, 0.3) is 0 Å². The lowest BCUT2D eigenvalue weighted by atomic mass is 10.1. The van der Waals surface area contributed by atoms with E-state index in [0.29, 0.717) is 17.8 Å². The van der Waals surface area contributed by atoms with Crippen LogP contribution in [0.25, 0.3) is 0 Å². The molecule has 16 heteroatoms. The molecule has 2 rings (SSSR count). The van der Waals surface area contributed by atoms with E-state index in [4.69, 9.17) is 38.3 Å². The molecule has 0 fully saturated rings. The first-order valence-corrected chi connectivity index (χ1v) is 14.4. The molecule has 0 aliphatic carbocycles. The third kappa shape index (κ3) is 17.0. The summed E-state index contributed by atoms with van der Waals surface area (Å²) in [7, 11) is 0. The van der Waals surface area contributed by atoms with E-state index in [2.05, 4.69) is 10.3 Å². The second-order valence-corrected chi connectivity index (χ2v) is 9.49. The van der Waals surface area contributed by atoms with E-state index < -0.39 is 56.8 Å². The van der Waals surface area contributed by atoms with Crippen LogP contribution < -0.4 is 14.8 Å². The molecule has 0 heterocycles. The summed E-state index contributed by atoms with van der Waals surface area (Å²) in [6.45, 7) is -0.354. The summed E-state index contributed by atoms with van der Waals surface area (Å²) < 4.78 is 34.8. The standard InChI is InChI=1S/C31H36N2O14/c1-2-22(15-34)16-43-31(40)33-24-8-6-10-26(14-24)42-18-30(39)47-21-45-28(37)12-4-3-11-27(36)44-20-46-29(38)17-41-25-9-5-7-23(13-25)32-19-35/h5-10,13-14,22,34H,2-4,11-12,15-18,20-21H2,1H3,(H,33,40). The Morgan fingerprint density at radius 3 is 1.89 bits per heavy atom. The number of esters is 4. The zero-order chi connectivity index (χ0) is 34.3. The van der Waals surface area contributed by atoms with Gasteiger partial charge in [-0.1, -0.05) is 19.1 Å². The minimum atomic E-state index is -0.807. The van der Waals surface area contributed by atoms with Gasteiger partial charge >= 0.3 is 30.0 Å². The highest BCUT2D eigenvalue weighted by atomic mass is 16.7. The molecule has 16 nitrogen and oxygen atoms in total. The van der Waals surface area contributed by atoms with Crippen LogP contribution in [0.4, 0.5) is 16.2 Å². The average Bonchev–Trinajstić information content (AvgIpc) is 3.06. The van der Waals surface area contributed by atoms with E-state index in [1.54, 1.807) is 36.4 Å². The van der Waals surface area contributed by atoms with Crippen molar-refractivity contribution in [2.24, 2.45) is 10.9 Å². The molecule has 0 aliphatic rings. The number of aliphatic imine (C=N–C) groups is 1. The zero-order valence-electron chi connectivity index (χ0n) is 25.7. The summed E-state index contributed by atoms with van der Waals surface area (Å²) in [6.07, 6.45) is 1.82. The lowest BCUT2D eigenvalue weighted by Crippen LogP contribution is -2.20. The summed E-state index contributed by atoms with van der Waals surface area (Å²) in [5.74, 6) is -2.52. The van der Waals surface area contributed by atoms with E-state index in [1.165, 1.54) is 18.2 Å². The largest absolute Gasteiger partial charge is 0.482 e. The van der Waals surface area contributed by atoms with E-state index in [1.807, 2.05) is 6.92 Å². The second kappa shape index (κ2) is 22.1. The Kier molecular flexibility index (Phi) is 17.7. The fourth-order valence-electron chi connectivity index (χ4n) is 3.38. The van der Waals surface area contributed by atoms with Crippen molar-refractivity contribution in [1.82, 2.24) is 0 Å². The van der Waals surface area contributed by atoms with Crippen molar-refractivity contribution in [3.8, 4) is 11.5 Å².